The molecule has 0 amide bonds. The first-order valence-electron chi connectivity index (χ1n) is 6.55. The van der Waals surface area contributed by atoms with Crippen LogP contribution in [0.2, 0.25) is 0 Å². The highest BCUT2D eigenvalue weighted by Gasteiger charge is 2.30. The van der Waals surface area contributed by atoms with E-state index in [1.165, 1.54) is 6.07 Å². The van der Waals surface area contributed by atoms with Gasteiger partial charge in [-0.15, -0.1) is 0 Å². The normalized spacial score (nSPS) is 19.9. The van der Waals surface area contributed by atoms with Gasteiger partial charge in [0.05, 0.1) is 5.69 Å². The number of carbonyl (C=O) groups excluding carboxylic acids is 1. The van der Waals surface area contributed by atoms with Gasteiger partial charge in [-0.05, 0) is 31.0 Å². The van der Waals surface area contributed by atoms with Gasteiger partial charge < -0.3 is 10.2 Å². The highest BCUT2D eigenvalue weighted by Crippen LogP contribution is 2.33. The molecular weight excluding hydrogens is 231 g/mol. The average Bonchev–Trinajstić information content (AvgIpc) is 3.23. The Morgan fingerprint density at radius 3 is 2.61 bits per heavy atom. The highest BCUT2D eigenvalue weighted by atomic mass is 19.1. The minimum absolute atomic E-state index is 0.0979. The van der Waals surface area contributed by atoms with Gasteiger partial charge in [0.2, 0.25) is 0 Å². The number of rotatable bonds is 3. The maximum atomic E-state index is 14.1. The van der Waals surface area contributed by atoms with E-state index < -0.39 is 0 Å². The molecule has 1 saturated heterocycles. The molecule has 1 aromatic rings. The molecule has 1 aliphatic carbocycles. The van der Waals surface area contributed by atoms with Crippen molar-refractivity contribution in [2.75, 3.05) is 31.1 Å². The van der Waals surface area contributed by atoms with Crippen molar-refractivity contribution in [3.05, 3.63) is 29.6 Å². The zero-order valence-corrected chi connectivity index (χ0v) is 10.3. The van der Waals surface area contributed by atoms with Gasteiger partial charge in [0, 0.05) is 37.7 Å². The number of hydrogen-bond donors (Lipinski definition) is 1. The predicted octanol–water partition coefficient (Wildman–Crippen LogP) is 1.83. The van der Waals surface area contributed by atoms with Crippen molar-refractivity contribution in [1.29, 1.82) is 0 Å². The molecule has 4 heteroatoms. The zero-order chi connectivity index (χ0) is 12.5. The first kappa shape index (κ1) is 11.7. The Balaban J connectivity index is 1.81. The van der Waals surface area contributed by atoms with Crippen molar-refractivity contribution >= 4 is 11.5 Å². The van der Waals surface area contributed by atoms with Crippen LogP contribution in [-0.2, 0) is 0 Å². The third kappa shape index (κ3) is 2.25. The number of nitrogens with one attached hydrogen (secondary N) is 1. The van der Waals surface area contributed by atoms with Gasteiger partial charge in [0.25, 0.3) is 0 Å². The average molecular weight is 248 g/mol. The van der Waals surface area contributed by atoms with E-state index in [1.54, 1.807) is 12.1 Å². The first-order valence-corrected chi connectivity index (χ1v) is 6.55. The van der Waals surface area contributed by atoms with Gasteiger partial charge in [-0.2, -0.15) is 0 Å². The van der Waals surface area contributed by atoms with Crippen molar-refractivity contribution in [3.8, 4) is 0 Å². The molecule has 1 aliphatic heterocycles. The SMILES string of the molecule is O=C(c1ccc(N2CCNCC2)c(F)c1)C1CC1. The minimum atomic E-state index is -0.275. The van der Waals surface area contributed by atoms with Crippen molar-refractivity contribution in [2.24, 2.45) is 5.92 Å². The highest BCUT2D eigenvalue weighted by molar-refractivity contribution is 5.99. The van der Waals surface area contributed by atoms with Crippen LogP contribution in [0.15, 0.2) is 18.2 Å². The number of benzene rings is 1. The third-order valence-electron chi connectivity index (χ3n) is 3.64. The van der Waals surface area contributed by atoms with Gasteiger partial charge in [-0.3, -0.25) is 4.79 Å². The number of halogens is 1. The second-order valence-electron chi connectivity index (χ2n) is 5.04. The summed E-state index contributed by atoms with van der Waals surface area (Å²) >= 11 is 0. The molecule has 1 saturated carbocycles. The molecule has 2 aliphatic rings. The van der Waals surface area contributed by atoms with Gasteiger partial charge >= 0.3 is 0 Å². The summed E-state index contributed by atoms with van der Waals surface area (Å²) in [5, 5.41) is 3.24. The van der Waals surface area contributed by atoms with Crippen molar-refractivity contribution in [3.63, 3.8) is 0 Å². The van der Waals surface area contributed by atoms with E-state index in [4.69, 9.17) is 0 Å². The summed E-state index contributed by atoms with van der Waals surface area (Å²) in [6.07, 6.45) is 1.92. The summed E-state index contributed by atoms with van der Waals surface area (Å²) < 4.78 is 14.1. The Bertz CT molecular complexity index is 465. The number of carbonyl (C=O) groups is 1. The summed E-state index contributed by atoms with van der Waals surface area (Å²) in [7, 11) is 0. The van der Waals surface area contributed by atoms with Crippen LogP contribution in [0.4, 0.5) is 10.1 Å². The van der Waals surface area contributed by atoms with Crippen LogP contribution >= 0.6 is 0 Å². The van der Waals surface area contributed by atoms with Crippen LogP contribution < -0.4 is 10.2 Å². The maximum Gasteiger partial charge on any atom is 0.166 e. The fraction of sp³-hybridized carbons (Fsp3) is 0.500. The van der Waals surface area contributed by atoms with E-state index in [-0.39, 0.29) is 17.5 Å². The molecule has 3 nitrogen and oxygen atoms in total. The second kappa shape index (κ2) is 4.69. The van der Waals surface area contributed by atoms with Crippen LogP contribution in [0.1, 0.15) is 23.2 Å². The monoisotopic (exact) mass is 248 g/mol. The molecule has 0 radical (unpaired) electrons. The van der Waals surface area contributed by atoms with Crippen molar-refractivity contribution in [2.45, 2.75) is 12.8 Å². The van der Waals surface area contributed by atoms with Crippen LogP contribution in [0, 0.1) is 11.7 Å². The topological polar surface area (TPSA) is 32.3 Å². The lowest BCUT2D eigenvalue weighted by atomic mass is 10.1. The number of anilines is 1. The molecule has 18 heavy (non-hydrogen) atoms. The molecule has 1 aromatic carbocycles. The lowest BCUT2D eigenvalue weighted by Gasteiger charge is -2.29. The van der Waals surface area contributed by atoms with E-state index in [0.29, 0.717) is 11.3 Å². The van der Waals surface area contributed by atoms with Crippen LogP contribution in [0.25, 0.3) is 0 Å². The molecule has 0 aromatic heterocycles. The fourth-order valence-corrected chi connectivity index (χ4v) is 2.40. The number of Topliss-reactive ketones (excluding diaryl/α,β-unsaturated/α-hetero) is 1. The van der Waals surface area contributed by atoms with Crippen LogP contribution in [0.3, 0.4) is 0 Å². The Morgan fingerprint density at radius 2 is 2.00 bits per heavy atom. The van der Waals surface area contributed by atoms with E-state index >= 15 is 0 Å². The van der Waals surface area contributed by atoms with Gasteiger partial charge in [-0.25, -0.2) is 4.39 Å². The second-order valence-corrected chi connectivity index (χ2v) is 5.04. The van der Waals surface area contributed by atoms with Crippen LogP contribution in [-0.4, -0.2) is 32.0 Å². The summed E-state index contributed by atoms with van der Waals surface area (Å²) in [6.45, 7) is 3.38. The maximum absolute atomic E-state index is 14.1. The summed E-state index contributed by atoms with van der Waals surface area (Å²) in [4.78, 5) is 13.9. The molecule has 0 spiro atoms. The van der Waals surface area contributed by atoms with Crippen molar-refractivity contribution < 1.29 is 9.18 Å². The molecule has 1 heterocycles. The van der Waals surface area contributed by atoms with Gasteiger partial charge in [0.15, 0.2) is 5.78 Å². The van der Waals surface area contributed by atoms with E-state index in [0.717, 1.165) is 39.0 Å². The molecule has 1 N–H and O–H groups in total. The van der Waals surface area contributed by atoms with E-state index in [1.807, 2.05) is 4.90 Å². The van der Waals surface area contributed by atoms with Crippen molar-refractivity contribution in [1.82, 2.24) is 5.32 Å². The summed E-state index contributed by atoms with van der Waals surface area (Å²) in [5.41, 5.74) is 1.14. The fourth-order valence-electron chi connectivity index (χ4n) is 2.40. The summed E-state index contributed by atoms with van der Waals surface area (Å²) in [6, 6.07) is 4.91. The Morgan fingerprint density at radius 1 is 1.28 bits per heavy atom. The molecule has 2 fully saturated rings. The summed E-state index contributed by atoms with van der Waals surface area (Å²) in [5.74, 6) is -0.0291. The largest absolute Gasteiger partial charge is 0.367 e. The standard InChI is InChI=1S/C14H17FN2O/c15-12-9-11(14(18)10-1-2-10)3-4-13(12)17-7-5-16-6-8-17/h3-4,9-10,16H,1-2,5-8H2. The van der Waals surface area contributed by atoms with Gasteiger partial charge in [0.1, 0.15) is 5.82 Å². The number of ketones is 1. The minimum Gasteiger partial charge on any atom is -0.367 e. The first-order chi connectivity index (χ1) is 8.75. The molecule has 0 bridgehead atoms. The van der Waals surface area contributed by atoms with E-state index in [9.17, 15) is 9.18 Å². The predicted molar refractivity (Wildman–Crippen MR) is 68.5 cm³/mol. The van der Waals surface area contributed by atoms with E-state index in [2.05, 4.69) is 5.32 Å². The number of piperazine rings is 1. The Labute approximate surface area is 106 Å². The Hall–Kier alpha value is -1.42. The smallest absolute Gasteiger partial charge is 0.166 e. The van der Waals surface area contributed by atoms with Crippen LogP contribution in [0.5, 0.6) is 0 Å². The zero-order valence-electron chi connectivity index (χ0n) is 10.3. The lowest BCUT2D eigenvalue weighted by Crippen LogP contribution is -2.43. The lowest BCUT2D eigenvalue weighted by molar-refractivity contribution is 0.0967. The number of nitrogens with zero attached hydrogens (tertiary/aromatic N) is 1. The molecule has 0 atom stereocenters. The quantitative estimate of drug-likeness (QED) is 0.828. The Kier molecular flexibility index (Phi) is 3.04. The molecule has 3 rings (SSSR count). The van der Waals surface area contributed by atoms with Gasteiger partial charge in [-0.1, -0.05) is 0 Å². The molecule has 0 unspecified atom stereocenters. The third-order valence-corrected chi connectivity index (χ3v) is 3.64. The molecular formula is C14H17FN2O. The molecule has 96 valence electrons. The number of hydrogen-bond acceptors (Lipinski definition) is 3.